The average molecular weight is 265 g/mol. The van der Waals surface area contributed by atoms with Gasteiger partial charge in [0.1, 0.15) is 5.78 Å². The summed E-state index contributed by atoms with van der Waals surface area (Å²) in [5.74, 6) is 1.21. The van der Waals surface area contributed by atoms with Crippen LogP contribution < -0.4 is 0 Å². The van der Waals surface area contributed by atoms with Gasteiger partial charge in [0.05, 0.1) is 5.92 Å². The second-order valence-electron chi connectivity index (χ2n) is 4.43. The van der Waals surface area contributed by atoms with Crippen molar-refractivity contribution in [3.8, 4) is 0 Å². The second-order valence-corrected chi connectivity index (χ2v) is 5.58. The third-order valence-corrected chi connectivity index (χ3v) is 4.35. The van der Waals surface area contributed by atoms with E-state index in [-0.39, 0.29) is 29.1 Å². The molecule has 1 aliphatic rings. The maximum absolute atomic E-state index is 12.0. The van der Waals surface area contributed by atoms with Crippen LogP contribution in [-0.2, 0) is 4.79 Å². The van der Waals surface area contributed by atoms with E-state index < -0.39 is 0 Å². The van der Waals surface area contributed by atoms with E-state index >= 15 is 0 Å². The third-order valence-electron chi connectivity index (χ3n) is 3.26. The van der Waals surface area contributed by atoms with Crippen LogP contribution in [0.5, 0.6) is 0 Å². The number of nitrogens with zero attached hydrogens (tertiary/aromatic N) is 1. The van der Waals surface area contributed by atoms with Crippen molar-refractivity contribution in [1.29, 1.82) is 0 Å². The molecule has 96 valence electrons. The van der Waals surface area contributed by atoms with E-state index in [1.54, 1.807) is 11.8 Å². The molecule has 0 bridgehead atoms. The summed E-state index contributed by atoms with van der Waals surface area (Å²) in [5, 5.41) is 10.8. The van der Waals surface area contributed by atoms with Gasteiger partial charge in [-0.1, -0.05) is 30.3 Å². The number of Topliss-reactive ketones (excluding diaryl/α,β-unsaturated/α-hetero) is 1. The Bertz CT molecular complexity index is 435. The van der Waals surface area contributed by atoms with Crippen molar-refractivity contribution in [3.05, 3.63) is 46.0 Å². The Labute approximate surface area is 110 Å². The van der Waals surface area contributed by atoms with Gasteiger partial charge in [-0.15, -0.1) is 0 Å². The molecule has 5 heteroatoms. The molecule has 0 unspecified atom stereocenters. The van der Waals surface area contributed by atoms with Crippen LogP contribution in [0.15, 0.2) is 30.3 Å². The molecule has 1 aromatic carbocycles. The highest BCUT2D eigenvalue weighted by Crippen LogP contribution is 2.32. The van der Waals surface area contributed by atoms with Crippen molar-refractivity contribution < 1.29 is 9.72 Å². The van der Waals surface area contributed by atoms with E-state index in [9.17, 15) is 14.9 Å². The lowest BCUT2D eigenvalue weighted by Gasteiger charge is -2.26. The first-order chi connectivity index (χ1) is 8.68. The molecule has 1 heterocycles. The Hall–Kier alpha value is -1.36. The molecular formula is C13H15NO3S. The predicted molar refractivity (Wildman–Crippen MR) is 71.5 cm³/mol. The van der Waals surface area contributed by atoms with E-state index in [1.165, 1.54) is 0 Å². The van der Waals surface area contributed by atoms with E-state index in [4.69, 9.17) is 0 Å². The standard InChI is InChI=1S/C13H15NO3S/c15-13-6-7-18-9-12(13)11(8-14(16)17)10-4-2-1-3-5-10/h1-5,11-12H,6-9H2/t11-,12+/m1/s1. The molecule has 2 rings (SSSR count). The predicted octanol–water partition coefficient (Wildman–Crippen LogP) is 2.37. The summed E-state index contributed by atoms with van der Waals surface area (Å²) in [6.45, 7) is -0.166. The summed E-state index contributed by atoms with van der Waals surface area (Å²) in [6.07, 6.45) is 0.538. The third kappa shape index (κ3) is 3.10. The van der Waals surface area contributed by atoms with Gasteiger partial charge in [-0.05, 0) is 5.56 Å². The Balaban J connectivity index is 2.24. The van der Waals surface area contributed by atoms with Crippen LogP contribution in [-0.4, -0.2) is 28.8 Å². The highest BCUT2D eigenvalue weighted by Gasteiger charge is 2.34. The number of benzene rings is 1. The quantitative estimate of drug-likeness (QED) is 0.619. The van der Waals surface area contributed by atoms with Crippen LogP contribution in [0.25, 0.3) is 0 Å². The molecule has 0 N–H and O–H groups in total. The first-order valence-corrected chi connectivity index (χ1v) is 7.11. The summed E-state index contributed by atoms with van der Waals surface area (Å²) >= 11 is 1.71. The van der Waals surface area contributed by atoms with Gasteiger partial charge in [-0.25, -0.2) is 0 Å². The van der Waals surface area contributed by atoms with Crippen molar-refractivity contribution in [1.82, 2.24) is 0 Å². The molecule has 0 aliphatic carbocycles. The topological polar surface area (TPSA) is 60.2 Å². The molecule has 18 heavy (non-hydrogen) atoms. The van der Waals surface area contributed by atoms with Crippen molar-refractivity contribution >= 4 is 17.5 Å². The molecule has 1 aromatic rings. The van der Waals surface area contributed by atoms with Gasteiger partial charge in [0.2, 0.25) is 6.54 Å². The fourth-order valence-electron chi connectivity index (χ4n) is 2.33. The zero-order chi connectivity index (χ0) is 13.0. The van der Waals surface area contributed by atoms with E-state index in [2.05, 4.69) is 0 Å². The molecule has 0 saturated carbocycles. The van der Waals surface area contributed by atoms with Crippen molar-refractivity contribution in [2.45, 2.75) is 12.3 Å². The highest BCUT2D eigenvalue weighted by molar-refractivity contribution is 7.99. The minimum absolute atomic E-state index is 0.166. The molecule has 1 saturated heterocycles. The fourth-order valence-corrected chi connectivity index (χ4v) is 3.51. The zero-order valence-electron chi connectivity index (χ0n) is 9.95. The van der Waals surface area contributed by atoms with Gasteiger partial charge in [0.25, 0.3) is 0 Å². The van der Waals surface area contributed by atoms with Gasteiger partial charge in [-0.2, -0.15) is 11.8 Å². The molecule has 0 aromatic heterocycles. The minimum atomic E-state index is -0.315. The zero-order valence-corrected chi connectivity index (χ0v) is 10.8. The molecule has 0 spiro atoms. The molecule has 1 fully saturated rings. The first-order valence-electron chi connectivity index (χ1n) is 5.95. The fraction of sp³-hybridized carbons (Fsp3) is 0.462. The van der Waals surface area contributed by atoms with Crippen LogP contribution in [0, 0.1) is 16.0 Å². The van der Waals surface area contributed by atoms with Gasteiger partial charge in [0.15, 0.2) is 0 Å². The lowest BCUT2D eigenvalue weighted by Crippen LogP contribution is -2.32. The Morgan fingerprint density at radius 3 is 2.72 bits per heavy atom. The van der Waals surface area contributed by atoms with Gasteiger partial charge in [0, 0.05) is 28.8 Å². The SMILES string of the molecule is O=C1CCSC[C@H]1[C@H](C[N+](=O)[O-])c1ccccc1. The average Bonchev–Trinajstić information content (AvgIpc) is 2.38. The summed E-state index contributed by atoms with van der Waals surface area (Å²) in [6, 6.07) is 9.36. The molecular weight excluding hydrogens is 250 g/mol. The van der Waals surface area contributed by atoms with Crippen molar-refractivity contribution in [3.63, 3.8) is 0 Å². The first kappa shape index (κ1) is 13.1. The number of carbonyl (C=O) groups excluding carboxylic acids is 1. The molecule has 2 atom stereocenters. The van der Waals surface area contributed by atoms with Crippen molar-refractivity contribution in [2.75, 3.05) is 18.1 Å². The highest BCUT2D eigenvalue weighted by atomic mass is 32.2. The smallest absolute Gasteiger partial charge is 0.211 e. The molecule has 0 radical (unpaired) electrons. The van der Waals surface area contributed by atoms with E-state index in [0.717, 1.165) is 11.3 Å². The molecule has 0 amide bonds. The Morgan fingerprint density at radius 2 is 2.11 bits per heavy atom. The maximum Gasteiger partial charge on any atom is 0.211 e. The van der Waals surface area contributed by atoms with Gasteiger partial charge in [-0.3, -0.25) is 14.9 Å². The number of carbonyl (C=O) groups is 1. The number of ketones is 1. The largest absolute Gasteiger partial charge is 0.299 e. The number of hydrogen-bond donors (Lipinski definition) is 0. The second kappa shape index (κ2) is 6.00. The Morgan fingerprint density at radius 1 is 1.39 bits per heavy atom. The van der Waals surface area contributed by atoms with Crippen molar-refractivity contribution in [2.24, 2.45) is 5.92 Å². The monoisotopic (exact) mass is 265 g/mol. The van der Waals surface area contributed by atoms with Crippen LogP contribution in [0.4, 0.5) is 0 Å². The minimum Gasteiger partial charge on any atom is -0.299 e. The number of nitro groups is 1. The van der Waals surface area contributed by atoms with Gasteiger partial charge >= 0.3 is 0 Å². The normalized spacial score (nSPS) is 21.6. The van der Waals surface area contributed by atoms with Crippen LogP contribution in [0.1, 0.15) is 17.9 Å². The summed E-state index contributed by atoms with van der Waals surface area (Å²) < 4.78 is 0. The summed E-state index contributed by atoms with van der Waals surface area (Å²) in [4.78, 5) is 22.5. The van der Waals surface area contributed by atoms with Crippen LogP contribution in [0.2, 0.25) is 0 Å². The Kier molecular flexibility index (Phi) is 4.36. The van der Waals surface area contributed by atoms with Crippen LogP contribution in [0.3, 0.4) is 0 Å². The lowest BCUT2D eigenvalue weighted by atomic mass is 9.83. The summed E-state index contributed by atoms with van der Waals surface area (Å²) in [5.41, 5.74) is 0.898. The van der Waals surface area contributed by atoms with E-state index in [1.807, 2.05) is 30.3 Å². The molecule has 4 nitrogen and oxygen atoms in total. The number of rotatable bonds is 4. The molecule has 1 aliphatic heterocycles. The lowest BCUT2D eigenvalue weighted by molar-refractivity contribution is -0.484. The summed E-state index contributed by atoms with van der Waals surface area (Å²) in [7, 11) is 0. The van der Waals surface area contributed by atoms with Crippen LogP contribution >= 0.6 is 11.8 Å². The van der Waals surface area contributed by atoms with Gasteiger partial charge < -0.3 is 0 Å². The maximum atomic E-state index is 12.0. The number of hydrogen-bond acceptors (Lipinski definition) is 4. The van der Waals surface area contributed by atoms with E-state index in [0.29, 0.717) is 12.2 Å². The number of thioether (sulfide) groups is 1.